The molecule has 1 aliphatic heterocycles. The van der Waals surface area contributed by atoms with Crippen molar-refractivity contribution in [1.82, 2.24) is 0 Å². The first-order valence-electron chi connectivity index (χ1n) is 8.37. The number of Topliss-reactive ketones (excluding diaryl/α,β-unsaturated/α-hetero) is 1. The highest BCUT2D eigenvalue weighted by atomic mass is 16.5. The van der Waals surface area contributed by atoms with Crippen molar-refractivity contribution in [1.29, 1.82) is 0 Å². The number of rotatable bonds is 7. The number of unbranched alkanes of at least 4 members (excludes halogenated alkanes) is 2. The summed E-state index contributed by atoms with van der Waals surface area (Å²) in [6, 6.07) is 14.8. The largest absolute Gasteiger partial charge is 0.494 e. The number of carbonyl (C=O) groups excluding carboxylic acids is 2. The summed E-state index contributed by atoms with van der Waals surface area (Å²) in [6.07, 6.45) is 3.40. The van der Waals surface area contributed by atoms with E-state index in [9.17, 15) is 9.59 Å². The van der Waals surface area contributed by atoms with Crippen molar-refractivity contribution in [3.63, 3.8) is 0 Å². The van der Waals surface area contributed by atoms with Crippen LogP contribution in [-0.4, -0.2) is 18.3 Å². The molecule has 0 bridgehead atoms. The molecule has 24 heavy (non-hydrogen) atoms. The molecule has 0 fully saturated rings. The zero-order valence-corrected chi connectivity index (χ0v) is 13.8. The van der Waals surface area contributed by atoms with Crippen LogP contribution < -0.4 is 9.64 Å². The van der Waals surface area contributed by atoms with Crippen molar-refractivity contribution < 1.29 is 14.3 Å². The SMILES string of the molecule is CCCCCOc1ccc(CN2C(=O)C(=O)c3ccccc32)cc1. The van der Waals surface area contributed by atoms with Crippen LogP contribution in [0, 0.1) is 0 Å². The minimum absolute atomic E-state index is 0.387. The van der Waals surface area contributed by atoms with E-state index in [0.29, 0.717) is 17.8 Å². The molecule has 0 radical (unpaired) electrons. The van der Waals surface area contributed by atoms with E-state index in [-0.39, 0.29) is 0 Å². The van der Waals surface area contributed by atoms with Crippen LogP contribution in [0.3, 0.4) is 0 Å². The second kappa shape index (κ2) is 7.30. The van der Waals surface area contributed by atoms with Crippen LogP contribution in [0.4, 0.5) is 5.69 Å². The number of carbonyl (C=O) groups is 2. The standard InChI is InChI=1S/C20H21NO3/c1-2-3-6-13-24-16-11-9-15(10-12-16)14-21-18-8-5-4-7-17(18)19(22)20(21)23/h4-5,7-12H,2-3,6,13-14H2,1H3. The highest BCUT2D eigenvalue weighted by Crippen LogP contribution is 2.30. The molecular weight excluding hydrogens is 302 g/mol. The minimum atomic E-state index is -0.462. The summed E-state index contributed by atoms with van der Waals surface area (Å²) in [6.45, 7) is 3.27. The fraction of sp³-hybridized carbons (Fsp3) is 0.300. The molecular formula is C20H21NO3. The van der Waals surface area contributed by atoms with Crippen LogP contribution in [0.15, 0.2) is 48.5 Å². The summed E-state index contributed by atoms with van der Waals surface area (Å²) >= 11 is 0. The highest BCUT2D eigenvalue weighted by Gasteiger charge is 2.35. The molecule has 1 aliphatic rings. The molecule has 0 unspecified atom stereocenters. The van der Waals surface area contributed by atoms with Crippen LogP contribution in [0.2, 0.25) is 0 Å². The Morgan fingerprint density at radius 3 is 2.46 bits per heavy atom. The molecule has 0 saturated carbocycles. The van der Waals surface area contributed by atoms with Gasteiger partial charge >= 0.3 is 0 Å². The quantitative estimate of drug-likeness (QED) is 0.572. The number of ether oxygens (including phenoxy) is 1. The minimum Gasteiger partial charge on any atom is -0.494 e. The van der Waals surface area contributed by atoms with Crippen molar-refractivity contribution in [2.45, 2.75) is 32.7 Å². The molecule has 0 saturated heterocycles. The Morgan fingerprint density at radius 1 is 0.958 bits per heavy atom. The number of para-hydroxylation sites is 1. The van der Waals surface area contributed by atoms with Gasteiger partial charge in [0.15, 0.2) is 0 Å². The van der Waals surface area contributed by atoms with Crippen molar-refractivity contribution in [2.75, 3.05) is 11.5 Å². The van der Waals surface area contributed by atoms with E-state index in [2.05, 4.69) is 6.92 Å². The fourth-order valence-corrected chi connectivity index (χ4v) is 2.82. The van der Waals surface area contributed by atoms with Crippen molar-refractivity contribution >= 4 is 17.4 Å². The first-order valence-corrected chi connectivity index (χ1v) is 8.37. The molecule has 4 nitrogen and oxygen atoms in total. The van der Waals surface area contributed by atoms with E-state index in [1.807, 2.05) is 36.4 Å². The number of hydrogen-bond acceptors (Lipinski definition) is 3. The number of nitrogens with zero attached hydrogens (tertiary/aromatic N) is 1. The Hall–Kier alpha value is -2.62. The average molecular weight is 323 g/mol. The zero-order valence-electron chi connectivity index (χ0n) is 13.8. The molecule has 0 aromatic heterocycles. The molecule has 3 rings (SSSR count). The lowest BCUT2D eigenvalue weighted by atomic mass is 10.1. The van der Waals surface area contributed by atoms with Crippen LogP contribution in [-0.2, 0) is 11.3 Å². The Bertz CT molecular complexity index is 737. The maximum atomic E-state index is 12.2. The molecule has 4 heteroatoms. The number of hydrogen-bond donors (Lipinski definition) is 0. The van der Waals surface area contributed by atoms with Crippen LogP contribution in [0.25, 0.3) is 0 Å². The summed E-state index contributed by atoms with van der Waals surface area (Å²) in [5.74, 6) is -0.0587. The first kappa shape index (κ1) is 16.2. The van der Waals surface area contributed by atoms with Gasteiger partial charge in [0.05, 0.1) is 24.4 Å². The third-order valence-electron chi connectivity index (χ3n) is 4.16. The Kier molecular flexibility index (Phi) is 4.94. The third-order valence-corrected chi connectivity index (χ3v) is 4.16. The predicted molar refractivity (Wildman–Crippen MR) is 93.4 cm³/mol. The number of benzene rings is 2. The fourth-order valence-electron chi connectivity index (χ4n) is 2.82. The van der Waals surface area contributed by atoms with E-state index in [1.165, 1.54) is 17.7 Å². The van der Waals surface area contributed by atoms with Crippen LogP contribution in [0.5, 0.6) is 5.75 Å². The van der Waals surface area contributed by atoms with Gasteiger partial charge in [-0.1, -0.05) is 44.0 Å². The van der Waals surface area contributed by atoms with Gasteiger partial charge in [-0.2, -0.15) is 0 Å². The van der Waals surface area contributed by atoms with Gasteiger partial charge in [-0.15, -0.1) is 0 Å². The molecule has 1 amide bonds. The molecule has 124 valence electrons. The van der Waals surface area contributed by atoms with Crippen molar-refractivity contribution in [2.24, 2.45) is 0 Å². The first-order chi connectivity index (χ1) is 11.7. The van der Waals surface area contributed by atoms with Gasteiger partial charge < -0.3 is 9.64 Å². The van der Waals surface area contributed by atoms with Gasteiger partial charge in [0.2, 0.25) is 0 Å². The predicted octanol–water partition coefficient (Wildman–Crippen LogP) is 3.99. The van der Waals surface area contributed by atoms with Gasteiger partial charge in [0.1, 0.15) is 5.75 Å². The smallest absolute Gasteiger partial charge is 0.299 e. The van der Waals surface area contributed by atoms with Gasteiger partial charge in [0, 0.05) is 0 Å². The van der Waals surface area contributed by atoms with Gasteiger partial charge in [-0.3, -0.25) is 9.59 Å². The lowest BCUT2D eigenvalue weighted by Crippen LogP contribution is -2.29. The van der Waals surface area contributed by atoms with Gasteiger partial charge in [-0.05, 0) is 36.2 Å². The number of ketones is 1. The average Bonchev–Trinajstić information content (AvgIpc) is 2.85. The van der Waals surface area contributed by atoms with Gasteiger partial charge in [-0.25, -0.2) is 0 Å². The summed E-state index contributed by atoms with van der Waals surface area (Å²) in [4.78, 5) is 25.7. The summed E-state index contributed by atoms with van der Waals surface area (Å²) in [5.41, 5.74) is 2.14. The molecule has 1 heterocycles. The van der Waals surface area contributed by atoms with Crippen molar-refractivity contribution in [3.8, 4) is 5.75 Å². The molecule has 2 aromatic rings. The molecule has 2 aromatic carbocycles. The summed E-state index contributed by atoms with van der Waals surface area (Å²) < 4.78 is 5.69. The lowest BCUT2D eigenvalue weighted by molar-refractivity contribution is -0.114. The maximum absolute atomic E-state index is 12.2. The van der Waals surface area contributed by atoms with E-state index in [1.54, 1.807) is 12.1 Å². The third kappa shape index (κ3) is 3.32. The summed E-state index contributed by atoms with van der Waals surface area (Å²) in [5, 5.41) is 0. The van der Waals surface area contributed by atoms with E-state index in [0.717, 1.165) is 24.3 Å². The second-order valence-electron chi connectivity index (χ2n) is 5.94. The van der Waals surface area contributed by atoms with E-state index < -0.39 is 11.7 Å². The summed E-state index contributed by atoms with van der Waals surface area (Å²) in [7, 11) is 0. The highest BCUT2D eigenvalue weighted by molar-refractivity contribution is 6.52. The Labute approximate surface area is 142 Å². The zero-order chi connectivity index (χ0) is 16.9. The second-order valence-corrected chi connectivity index (χ2v) is 5.94. The van der Waals surface area contributed by atoms with E-state index in [4.69, 9.17) is 4.74 Å². The van der Waals surface area contributed by atoms with E-state index >= 15 is 0 Å². The monoisotopic (exact) mass is 323 g/mol. The van der Waals surface area contributed by atoms with Crippen LogP contribution >= 0.6 is 0 Å². The van der Waals surface area contributed by atoms with Crippen molar-refractivity contribution in [3.05, 3.63) is 59.7 Å². The topological polar surface area (TPSA) is 46.6 Å². The maximum Gasteiger partial charge on any atom is 0.299 e. The molecule has 0 N–H and O–H groups in total. The number of fused-ring (bicyclic) bond motifs is 1. The lowest BCUT2D eigenvalue weighted by Gasteiger charge is -2.16. The molecule has 0 atom stereocenters. The molecule has 0 aliphatic carbocycles. The normalized spacial score (nSPS) is 13.3. The number of anilines is 1. The molecule has 0 spiro atoms. The van der Waals surface area contributed by atoms with Gasteiger partial charge in [0.25, 0.3) is 11.7 Å². The Morgan fingerprint density at radius 2 is 1.71 bits per heavy atom. The Balaban J connectivity index is 1.66. The number of amides is 1. The van der Waals surface area contributed by atoms with Crippen LogP contribution in [0.1, 0.15) is 42.1 Å².